The van der Waals surface area contributed by atoms with E-state index in [4.69, 9.17) is 0 Å². The van der Waals surface area contributed by atoms with E-state index in [-0.39, 0.29) is 12.4 Å². The van der Waals surface area contributed by atoms with Crippen LogP contribution in [0.1, 0.15) is 285 Å². The van der Waals surface area contributed by atoms with Gasteiger partial charge in [-0.2, -0.15) is 0 Å². The predicted octanol–water partition coefficient (Wildman–Crippen LogP) is 10.9. The third-order valence-electron chi connectivity index (χ3n) is 10.2. The fourth-order valence-corrected chi connectivity index (χ4v) is 6.86. The summed E-state index contributed by atoms with van der Waals surface area (Å²) in [4.78, 5) is 0. The molecule has 0 aromatic carbocycles. The Bertz CT molecular complexity index is 434. The van der Waals surface area contributed by atoms with Crippen molar-refractivity contribution < 1.29 is 29.0 Å². The lowest BCUT2D eigenvalue weighted by Gasteiger charge is -2.03. The molecule has 314 valence electrons. The molecule has 0 aromatic rings. The second-order valence-corrected chi connectivity index (χ2v) is 16.2. The highest BCUT2D eigenvalue weighted by Crippen LogP contribution is 2.16. The Morgan fingerprint density at radius 3 is 0.471 bits per heavy atom. The fourth-order valence-electron chi connectivity index (χ4n) is 6.86. The molecule has 0 fully saturated rings. The van der Waals surface area contributed by atoms with Crippen LogP contribution in [0.3, 0.4) is 0 Å². The molecule has 3 nitrogen and oxygen atoms in total. The van der Waals surface area contributed by atoms with Gasteiger partial charge in [-0.3, -0.25) is 0 Å². The van der Waals surface area contributed by atoms with Crippen molar-refractivity contribution in [2.45, 2.75) is 291 Å². The molecule has 0 bridgehead atoms. The first kappa shape index (κ1) is 57.9. The highest BCUT2D eigenvalue weighted by atomic mass is 35.5. The van der Waals surface area contributed by atoms with Gasteiger partial charge in [0.15, 0.2) is 0 Å². The van der Waals surface area contributed by atoms with Gasteiger partial charge in [0.2, 0.25) is 0 Å². The second-order valence-electron chi connectivity index (χ2n) is 16.2. The lowest BCUT2D eigenvalue weighted by Crippen LogP contribution is -3.00. The van der Waals surface area contributed by atoms with Gasteiger partial charge in [-0.1, -0.05) is 259 Å². The number of quaternary nitrogens is 2. The van der Waals surface area contributed by atoms with Gasteiger partial charge in [0.05, 0.1) is 13.1 Å². The third kappa shape index (κ3) is 72.1. The van der Waals surface area contributed by atoms with Crippen LogP contribution >= 0.6 is 0 Å². The van der Waals surface area contributed by atoms with Crippen LogP contribution in [0.4, 0.5) is 0 Å². The minimum atomic E-state index is -0.417. The van der Waals surface area contributed by atoms with Gasteiger partial charge in [0.25, 0.3) is 0 Å². The molecule has 6 N–H and O–H groups in total. The molecule has 0 saturated carbocycles. The maximum Gasteiger partial charge on any atom is 0.0739 e. The monoisotopic (exact) mass is 747 g/mol. The maximum absolute atomic E-state index is 9.53. The van der Waals surface area contributed by atoms with Crippen molar-refractivity contribution in [3.05, 3.63) is 0 Å². The number of unbranched alkanes of at least 4 members (excludes halogenated alkanes) is 38. The molecule has 0 saturated heterocycles. The average Bonchev–Trinajstić information content (AvgIpc) is 3.10. The van der Waals surface area contributed by atoms with Crippen molar-refractivity contribution in [1.29, 1.82) is 0 Å². The molecule has 4 heteroatoms. The van der Waals surface area contributed by atoms with Crippen LogP contribution in [-0.2, 0) is 0 Å². The SMILES string of the molecule is CC(C)[O-].CCCCCCCCCCCCCCCCCCCCCC[NH3+].CCCCCCCCCCCCCCCCCCCCCC[NH3+].[Cl-]. The summed E-state index contributed by atoms with van der Waals surface area (Å²) in [5.41, 5.74) is 7.81. The summed E-state index contributed by atoms with van der Waals surface area (Å²) in [7, 11) is 0. The van der Waals surface area contributed by atoms with E-state index in [1.165, 1.54) is 257 Å². The summed E-state index contributed by atoms with van der Waals surface area (Å²) in [6.07, 6.45) is 57.9. The summed E-state index contributed by atoms with van der Waals surface area (Å²) in [6.45, 7) is 10.1. The minimum Gasteiger partial charge on any atom is -1.00 e. The van der Waals surface area contributed by atoms with Crippen molar-refractivity contribution in [1.82, 2.24) is 0 Å². The summed E-state index contributed by atoms with van der Waals surface area (Å²) in [5, 5.41) is 9.53. The first-order chi connectivity index (χ1) is 24.6. The molecule has 51 heavy (non-hydrogen) atoms. The molecule has 0 unspecified atom stereocenters. The second kappa shape index (κ2) is 59.4. The first-order valence-corrected chi connectivity index (χ1v) is 23.8. The Labute approximate surface area is 331 Å². The number of hydrogen-bond donors (Lipinski definition) is 2. The summed E-state index contributed by atoms with van der Waals surface area (Å²) < 4.78 is 0. The maximum atomic E-state index is 9.53. The zero-order valence-corrected chi connectivity index (χ0v) is 37.2. The Morgan fingerprint density at radius 1 is 0.275 bits per heavy atom. The van der Waals surface area contributed by atoms with Crippen molar-refractivity contribution in [3.8, 4) is 0 Å². The molecule has 0 aliphatic heterocycles. The van der Waals surface area contributed by atoms with Crippen LogP contribution in [0.15, 0.2) is 0 Å². The average molecular weight is 748 g/mol. The van der Waals surface area contributed by atoms with Crippen LogP contribution in [0.5, 0.6) is 0 Å². The smallest absolute Gasteiger partial charge is 0.0739 e. The quantitative estimate of drug-likeness (QED) is 0.0602. The van der Waals surface area contributed by atoms with E-state index < -0.39 is 6.10 Å². The predicted molar refractivity (Wildman–Crippen MR) is 227 cm³/mol. The lowest BCUT2D eigenvalue weighted by molar-refractivity contribution is -0.407. The zero-order chi connectivity index (χ0) is 37.3. The molecule has 0 amide bonds. The van der Waals surface area contributed by atoms with Crippen LogP contribution in [0.25, 0.3) is 0 Å². The fraction of sp³-hybridized carbons (Fsp3) is 1.00. The molecule has 0 radical (unpaired) electrons. The van der Waals surface area contributed by atoms with Crippen LogP contribution in [0.2, 0.25) is 0 Å². The molecular weight excluding hydrogens is 644 g/mol. The summed E-state index contributed by atoms with van der Waals surface area (Å²) >= 11 is 0. The lowest BCUT2D eigenvalue weighted by atomic mass is 10.0. The normalized spacial score (nSPS) is 10.8. The summed E-state index contributed by atoms with van der Waals surface area (Å²) in [6, 6.07) is 0. The minimum absolute atomic E-state index is 0. The molecular formula is C47H103ClN2O. The molecule has 0 atom stereocenters. The zero-order valence-electron chi connectivity index (χ0n) is 36.5. The van der Waals surface area contributed by atoms with E-state index in [2.05, 4.69) is 25.3 Å². The molecule has 0 spiro atoms. The van der Waals surface area contributed by atoms with Crippen molar-refractivity contribution in [3.63, 3.8) is 0 Å². The van der Waals surface area contributed by atoms with Gasteiger partial charge >= 0.3 is 0 Å². The summed E-state index contributed by atoms with van der Waals surface area (Å²) in [5.74, 6) is 0. The Balaban J connectivity index is -0.000000384. The van der Waals surface area contributed by atoms with E-state index in [0.717, 1.165) is 13.1 Å². The van der Waals surface area contributed by atoms with Gasteiger partial charge in [-0.05, 0) is 25.7 Å². The van der Waals surface area contributed by atoms with E-state index in [9.17, 15) is 5.11 Å². The van der Waals surface area contributed by atoms with Gasteiger partial charge in [-0.25, -0.2) is 0 Å². The standard InChI is InChI=1S/2C22H47N.C3H7O.ClH/c2*1-2-3-4-5-6-7-8-9-10-11-12-13-14-15-16-17-18-19-20-21-22-23;1-3(2)4;/h2*2-23H2,1H3;3H,1-2H3;1H/q;;-1;/p+1. The molecule has 0 aliphatic carbocycles. The van der Waals surface area contributed by atoms with Gasteiger partial charge in [0, 0.05) is 0 Å². The van der Waals surface area contributed by atoms with E-state index in [0.29, 0.717) is 0 Å². The number of hydrogen-bond acceptors (Lipinski definition) is 1. The van der Waals surface area contributed by atoms with Crippen molar-refractivity contribution >= 4 is 0 Å². The van der Waals surface area contributed by atoms with Gasteiger partial charge < -0.3 is 29.0 Å². The van der Waals surface area contributed by atoms with Crippen molar-refractivity contribution in [2.24, 2.45) is 0 Å². The van der Waals surface area contributed by atoms with Gasteiger partial charge in [0.1, 0.15) is 0 Å². The van der Waals surface area contributed by atoms with Crippen LogP contribution in [-0.4, -0.2) is 19.2 Å². The first-order valence-electron chi connectivity index (χ1n) is 23.8. The van der Waals surface area contributed by atoms with Crippen LogP contribution in [0, 0.1) is 0 Å². The van der Waals surface area contributed by atoms with E-state index in [1.807, 2.05) is 0 Å². The van der Waals surface area contributed by atoms with Crippen molar-refractivity contribution in [2.75, 3.05) is 13.1 Å². The Kier molecular flexibility index (Phi) is 67.5. The largest absolute Gasteiger partial charge is 1.00 e. The molecule has 0 heterocycles. The number of halogens is 1. The molecule has 0 rings (SSSR count). The van der Waals surface area contributed by atoms with E-state index in [1.54, 1.807) is 13.8 Å². The Hall–Kier alpha value is 0.170. The highest BCUT2D eigenvalue weighted by molar-refractivity contribution is 4.52. The topological polar surface area (TPSA) is 78.3 Å². The van der Waals surface area contributed by atoms with Gasteiger partial charge in [-0.15, -0.1) is 6.10 Å². The number of rotatable bonds is 40. The third-order valence-corrected chi connectivity index (χ3v) is 10.2. The highest BCUT2D eigenvalue weighted by Gasteiger charge is 1.97. The molecule has 0 aliphatic rings. The Morgan fingerprint density at radius 2 is 0.373 bits per heavy atom. The van der Waals surface area contributed by atoms with E-state index >= 15 is 0 Å². The van der Waals surface area contributed by atoms with Crippen LogP contribution < -0.4 is 29.0 Å². The molecule has 0 aromatic heterocycles.